The molecule has 20 heavy (non-hydrogen) atoms. The molecule has 0 atom stereocenters. The van der Waals surface area contributed by atoms with E-state index in [4.69, 9.17) is 11.6 Å². The zero-order chi connectivity index (χ0) is 15.0. The molecule has 0 amide bonds. The summed E-state index contributed by atoms with van der Waals surface area (Å²) in [7, 11) is 0. The highest BCUT2D eigenvalue weighted by molar-refractivity contribution is 6.30. The summed E-state index contributed by atoms with van der Waals surface area (Å²) < 4.78 is 14.6. The third-order valence-electron chi connectivity index (χ3n) is 3.19. The van der Waals surface area contributed by atoms with Crippen LogP contribution >= 0.6 is 11.6 Å². The van der Waals surface area contributed by atoms with Crippen molar-refractivity contribution in [3.05, 3.63) is 66.2 Å². The zero-order valence-corrected chi connectivity index (χ0v) is 12.1. The maximum atomic E-state index is 13.6. The first-order chi connectivity index (χ1) is 9.31. The van der Waals surface area contributed by atoms with Crippen molar-refractivity contribution < 1.29 is 4.39 Å². The Labute approximate surface area is 119 Å². The number of nitrogens with one attached hydrogen (secondary N) is 1. The third kappa shape index (κ3) is 2.54. The van der Waals surface area contributed by atoms with Crippen LogP contribution in [0.2, 0.25) is 5.15 Å². The summed E-state index contributed by atoms with van der Waals surface area (Å²) >= 11 is 5.75. The van der Waals surface area contributed by atoms with Crippen LogP contribution in [0.3, 0.4) is 0 Å². The molecule has 0 fully saturated rings. The second kappa shape index (κ2) is 5.25. The summed E-state index contributed by atoms with van der Waals surface area (Å²) in [5, 5.41) is 0.0442. The summed E-state index contributed by atoms with van der Waals surface area (Å²) in [6, 6.07) is 3.25. The Morgan fingerprint density at radius 2 is 1.75 bits per heavy atom. The van der Waals surface area contributed by atoms with Crippen molar-refractivity contribution in [2.75, 3.05) is 0 Å². The van der Waals surface area contributed by atoms with E-state index in [-0.39, 0.29) is 23.1 Å². The molecule has 0 spiro atoms. The number of benzene rings is 1. The molecule has 4 nitrogen and oxygen atoms in total. The Morgan fingerprint density at radius 3 is 2.30 bits per heavy atom. The minimum Gasteiger partial charge on any atom is -0.297 e. The van der Waals surface area contributed by atoms with Crippen LogP contribution in [-0.4, -0.2) is 9.55 Å². The predicted octanol–water partition coefficient (Wildman–Crippen LogP) is 2.30. The minimum absolute atomic E-state index is 0.0442. The Hall–Kier alpha value is -1.88. The first-order valence-electron chi connectivity index (χ1n) is 6.06. The number of nitrogens with zero attached hydrogens (tertiary/aromatic N) is 1. The number of rotatable bonds is 2. The molecule has 0 bridgehead atoms. The van der Waals surface area contributed by atoms with Crippen LogP contribution < -0.4 is 11.2 Å². The number of H-pyrrole nitrogens is 1. The fourth-order valence-electron chi connectivity index (χ4n) is 2.10. The molecule has 0 saturated heterocycles. The van der Waals surface area contributed by atoms with Crippen molar-refractivity contribution in [2.45, 2.75) is 27.3 Å². The fourth-order valence-corrected chi connectivity index (χ4v) is 2.26. The van der Waals surface area contributed by atoms with Crippen molar-refractivity contribution in [3.8, 4) is 0 Å². The maximum absolute atomic E-state index is 13.6. The standard InChI is InChI=1S/C14H14ClFN2O2/c1-7-4-10(5-8(2)11(7)16)6-18-13(19)9(3)12(15)17-14(18)20/h4-5H,6H2,1-3H3,(H,17,20). The van der Waals surface area contributed by atoms with Gasteiger partial charge in [0.15, 0.2) is 0 Å². The Balaban J connectivity index is 2.54. The maximum Gasteiger partial charge on any atom is 0.329 e. The van der Waals surface area contributed by atoms with Gasteiger partial charge < -0.3 is 0 Å². The number of aryl methyl sites for hydroxylation is 2. The van der Waals surface area contributed by atoms with Crippen molar-refractivity contribution in [1.82, 2.24) is 9.55 Å². The van der Waals surface area contributed by atoms with Gasteiger partial charge in [0, 0.05) is 5.56 Å². The van der Waals surface area contributed by atoms with Crippen LogP contribution in [0.15, 0.2) is 21.7 Å². The van der Waals surface area contributed by atoms with Gasteiger partial charge in [-0.2, -0.15) is 0 Å². The van der Waals surface area contributed by atoms with Gasteiger partial charge in [-0.05, 0) is 37.5 Å². The van der Waals surface area contributed by atoms with E-state index in [0.717, 1.165) is 4.57 Å². The highest BCUT2D eigenvalue weighted by atomic mass is 35.5. The lowest BCUT2D eigenvalue weighted by atomic mass is 10.1. The molecule has 0 unspecified atom stereocenters. The number of aromatic amines is 1. The Morgan fingerprint density at radius 1 is 1.20 bits per heavy atom. The molecular weight excluding hydrogens is 283 g/mol. The van der Waals surface area contributed by atoms with Gasteiger partial charge in [-0.15, -0.1) is 0 Å². The largest absolute Gasteiger partial charge is 0.329 e. The Kier molecular flexibility index (Phi) is 3.81. The number of halogens is 2. The highest BCUT2D eigenvalue weighted by Gasteiger charge is 2.11. The van der Waals surface area contributed by atoms with Crippen molar-refractivity contribution in [1.29, 1.82) is 0 Å². The third-order valence-corrected chi connectivity index (χ3v) is 3.57. The van der Waals surface area contributed by atoms with Gasteiger partial charge in [0.05, 0.1) is 6.54 Å². The van der Waals surface area contributed by atoms with E-state index in [0.29, 0.717) is 16.7 Å². The van der Waals surface area contributed by atoms with Gasteiger partial charge in [0.25, 0.3) is 5.56 Å². The van der Waals surface area contributed by atoms with Crippen LogP contribution in [0.4, 0.5) is 4.39 Å². The molecule has 0 radical (unpaired) electrons. The van der Waals surface area contributed by atoms with E-state index in [1.165, 1.54) is 6.92 Å². The molecule has 2 aromatic rings. The van der Waals surface area contributed by atoms with Gasteiger partial charge in [-0.3, -0.25) is 14.3 Å². The zero-order valence-electron chi connectivity index (χ0n) is 11.4. The predicted molar refractivity (Wildman–Crippen MR) is 76.0 cm³/mol. The summed E-state index contributed by atoms with van der Waals surface area (Å²) in [5.74, 6) is -0.276. The average Bonchev–Trinajstić information content (AvgIpc) is 2.38. The molecule has 1 aromatic heterocycles. The molecule has 6 heteroatoms. The van der Waals surface area contributed by atoms with Gasteiger partial charge in [0.1, 0.15) is 11.0 Å². The lowest BCUT2D eigenvalue weighted by molar-refractivity contribution is 0.606. The van der Waals surface area contributed by atoms with Gasteiger partial charge >= 0.3 is 5.69 Å². The SMILES string of the molecule is Cc1cc(Cn2c(=O)[nH]c(Cl)c(C)c2=O)cc(C)c1F. The molecule has 2 rings (SSSR count). The number of aromatic nitrogens is 2. The van der Waals surface area contributed by atoms with E-state index < -0.39 is 11.2 Å². The topological polar surface area (TPSA) is 54.9 Å². The minimum atomic E-state index is -0.578. The smallest absolute Gasteiger partial charge is 0.297 e. The van der Waals surface area contributed by atoms with E-state index >= 15 is 0 Å². The molecule has 1 N–H and O–H groups in total. The van der Waals surface area contributed by atoms with Crippen LogP contribution in [0.25, 0.3) is 0 Å². The van der Waals surface area contributed by atoms with Gasteiger partial charge in [-0.25, -0.2) is 9.18 Å². The van der Waals surface area contributed by atoms with E-state index in [9.17, 15) is 14.0 Å². The molecular formula is C14H14ClFN2O2. The highest BCUT2D eigenvalue weighted by Crippen LogP contribution is 2.15. The van der Waals surface area contributed by atoms with Crippen LogP contribution in [-0.2, 0) is 6.54 Å². The molecule has 0 aliphatic carbocycles. The molecule has 1 aromatic carbocycles. The van der Waals surface area contributed by atoms with E-state index in [1.807, 2.05) is 0 Å². The average molecular weight is 297 g/mol. The van der Waals surface area contributed by atoms with Gasteiger partial charge in [0.2, 0.25) is 0 Å². The summed E-state index contributed by atoms with van der Waals surface area (Å²) in [6.07, 6.45) is 0. The molecule has 1 heterocycles. The van der Waals surface area contributed by atoms with Gasteiger partial charge in [-0.1, -0.05) is 23.7 Å². The lowest BCUT2D eigenvalue weighted by Crippen LogP contribution is -2.36. The summed E-state index contributed by atoms with van der Waals surface area (Å²) in [6.45, 7) is 4.91. The van der Waals surface area contributed by atoms with E-state index in [1.54, 1.807) is 26.0 Å². The lowest BCUT2D eigenvalue weighted by Gasteiger charge is -2.09. The van der Waals surface area contributed by atoms with Crippen molar-refractivity contribution >= 4 is 11.6 Å². The summed E-state index contributed by atoms with van der Waals surface area (Å²) in [4.78, 5) is 26.2. The van der Waals surface area contributed by atoms with Crippen molar-refractivity contribution in [3.63, 3.8) is 0 Å². The number of hydrogen-bond acceptors (Lipinski definition) is 2. The summed E-state index contributed by atoms with van der Waals surface area (Å²) in [5.41, 5.74) is 0.909. The second-order valence-corrected chi connectivity index (χ2v) is 5.18. The van der Waals surface area contributed by atoms with Crippen LogP contribution in [0, 0.1) is 26.6 Å². The normalized spacial score (nSPS) is 10.8. The molecule has 0 aliphatic rings. The Bertz CT molecular complexity index is 770. The second-order valence-electron chi connectivity index (χ2n) is 4.80. The van der Waals surface area contributed by atoms with Crippen molar-refractivity contribution in [2.24, 2.45) is 0 Å². The van der Waals surface area contributed by atoms with Crippen LogP contribution in [0.5, 0.6) is 0 Å². The monoisotopic (exact) mass is 296 g/mol. The molecule has 0 saturated carbocycles. The number of hydrogen-bond donors (Lipinski definition) is 1. The van der Waals surface area contributed by atoms with Crippen LogP contribution in [0.1, 0.15) is 22.3 Å². The first-order valence-corrected chi connectivity index (χ1v) is 6.44. The first kappa shape index (κ1) is 14.5. The fraction of sp³-hybridized carbons (Fsp3) is 0.286. The molecule has 0 aliphatic heterocycles. The quantitative estimate of drug-likeness (QED) is 0.865. The molecule has 106 valence electrons. The van der Waals surface area contributed by atoms with E-state index in [2.05, 4.69) is 4.98 Å².